The van der Waals surface area contributed by atoms with Crippen molar-refractivity contribution in [3.05, 3.63) is 71.9 Å². The lowest BCUT2D eigenvalue weighted by atomic mass is 9.61. The zero-order chi connectivity index (χ0) is 32.6. The molecule has 0 radical (unpaired) electrons. The van der Waals surface area contributed by atoms with Crippen molar-refractivity contribution in [2.24, 2.45) is 29.6 Å². The molecule has 9 rings (SSSR count). The van der Waals surface area contributed by atoms with Crippen LogP contribution in [0.1, 0.15) is 37.4 Å². The number of nitrogens with one attached hydrogen (secondary N) is 1. The predicted molar refractivity (Wildman–Crippen MR) is 171 cm³/mol. The summed E-state index contributed by atoms with van der Waals surface area (Å²) in [4.78, 5) is 22.6. The van der Waals surface area contributed by atoms with Gasteiger partial charge in [-0.05, 0) is 87.1 Å². The van der Waals surface area contributed by atoms with E-state index in [0.29, 0.717) is 41.3 Å². The zero-order valence-corrected chi connectivity index (χ0v) is 27.1. The highest BCUT2D eigenvalue weighted by Crippen LogP contribution is 2.64. The minimum absolute atomic E-state index is 0.0524. The van der Waals surface area contributed by atoms with Gasteiger partial charge in [0.1, 0.15) is 11.3 Å². The van der Waals surface area contributed by atoms with Crippen LogP contribution in [0, 0.1) is 42.3 Å². The molecule has 1 aromatic carbocycles. The Labute approximate surface area is 271 Å². The molecule has 4 fully saturated rings. The number of hydrogen-bond acceptors (Lipinski definition) is 9. The number of carbonyl (C=O) groups is 1. The molecular weight excluding hydrogens is 623 g/mol. The van der Waals surface area contributed by atoms with Crippen molar-refractivity contribution in [3.8, 4) is 11.4 Å². The van der Waals surface area contributed by atoms with E-state index in [1.807, 2.05) is 26.0 Å². The molecule has 11 nitrogen and oxygen atoms in total. The average molecular weight is 659 g/mol. The van der Waals surface area contributed by atoms with E-state index in [1.165, 1.54) is 24.4 Å². The fourth-order valence-electron chi connectivity index (χ4n) is 8.14. The molecule has 6 atom stereocenters. The summed E-state index contributed by atoms with van der Waals surface area (Å²) in [5.74, 6) is 1.24. The zero-order valence-electron chi connectivity index (χ0n) is 26.3. The Morgan fingerprint density at radius 1 is 1.09 bits per heavy atom. The van der Waals surface area contributed by atoms with E-state index in [2.05, 4.69) is 10.3 Å². The molecule has 244 valence electrons. The Kier molecular flexibility index (Phi) is 7.10. The molecule has 5 aromatic rings. The molecular formula is C34H35FN6O5S. The summed E-state index contributed by atoms with van der Waals surface area (Å²) < 4.78 is 56.3. The maximum Gasteiger partial charge on any atom is 0.311 e. The molecule has 4 aliphatic carbocycles. The quantitative estimate of drug-likeness (QED) is 0.212. The smallest absolute Gasteiger partial charge is 0.311 e. The summed E-state index contributed by atoms with van der Waals surface area (Å²) in [6.07, 6.45) is 5.55. The number of fused-ring (bicyclic) bond motifs is 4. The SMILES string of the molecule is CCOC(=O)[C@H]1[C@H](Nc2nc(-c3cn(S(=O)(=O)c4ccc(C)cc4)c4ncc(F)cc34)nn3c(COC)ccc23)[C@@H]2CC[C@H]1C1CC12. The summed E-state index contributed by atoms with van der Waals surface area (Å²) in [6.45, 7) is 4.27. The second-order valence-corrected chi connectivity index (χ2v) is 14.8. The van der Waals surface area contributed by atoms with E-state index in [4.69, 9.17) is 19.6 Å². The van der Waals surface area contributed by atoms with E-state index >= 15 is 0 Å². The third kappa shape index (κ3) is 4.81. The summed E-state index contributed by atoms with van der Waals surface area (Å²) in [5.41, 5.74) is 2.67. The highest BCUT2D eigenvalue weighted by Gasteiger charge is 2.63. The molecule has 0 aliphatic heterocycles. The molecule has 4 aromatic heterocycles. The Morgan fingerprint density at radius 3 is 2.62 bits per heavy atom. The first kappa shape index (κ1) is 30.0. The number of esters is 1. The number of carbonyl (C=O) groups excluding carboxylic acids is 1. The first-order valence-electron chi connectivity index (χ1n) is 16.0. The van der Waals surface area contributed by atoms with Crippen LogP contribution in [-0.4, -0.2) is 57.7 Å². The Bertz CT molecular complexity index is 2150. The number of aromatic nitrogens is 5. The van der Waals surface area contributed by atoms with Crippen molar-refractivity contribution in [2.75, 3.05) is 19.0 Å². The number of ether oxygens (including phenoxy) is 2. The molecule has 2 unspecified atom stereocenters. The van der Waals surface area contributed by atoms with E-state index < -0.39 is 15.8 Å². The van der Waals surface area contributed by atoms with Crippen LogP contribution in [0.3, 0.4) is 0 Å². The highest BCUT2D eigenvalue weighted by atomic mass is 32.2. The lowest BCUT2D eigenvalue weighted by Gasteiger charge is -2.47. The summed E-state index contributed by atoms with van der Waals surface area (Å²) in [6, 6.07) is 11.3. The van der Waals surface area contributed by atoms with Crippen molar-refractivity contribution in [1.29, 1.82) is 0 Å². The summed E-state index contributed by atoms with van der Waals surface area (Å²) in [7, 11) is -2.52. The lowest BCUT2D eigenvalue weighted by Crippen LogP contribution is -2.53. The van der Waals surface area contributed by atoms with Gasteiger partial charge in [0.25, 0.3) is 10.0 Å². The summed E-state index contributed by atoms with van der Waals surface area (Å²) in [5, 5.41) is 8.74. The highest BCUT2D eigenvalue weighted by molar-refractivity contribution is 7.90. The minimum Gasteiger partial charge on any atom is -0.466 e. The van der Waals surface area contributed by atoms with Gasteiger partial charge in [-0.3, -0.25) is 4.79 Å². The van der Waals surface area contributed by atoms with Gasteiger partial charge in [0.15, 0.2) is 17.3 Å². The number of benzene rings is 1. The number of rotatable bonds is 9. The normalized spacial score (nSPS) is 24.9. The molecule has 2 bridgehead atoms. The van der Waals surface area contributed by atoms with Crippen LogP contribution in [0.15, 0.2) is 59.8 Å². The third-order valence-corrected chi connectivity index (χ3v) is 11.9. The van der Waals surface area contributed by atoms with Crippen LogP contribution in [0.4, 0.5) is 10.2 Å². The van der Waals surface area contributed by atoms with Gasteiger partial charge < -0.3 is 14.8 Å². The number of anilines is 1. The number of nitrogens with zero attached hydrogens (tertiary/aromatic N) is 5. The van der Waals surface area contributed by atoms with E-state index in [-0.39, 0.29) is 52.2 Å². The van der Waals surface area contributed by atoms with Crippen molar-refractivity contribution in [1.82, 2.24) is 23.6 Å². The average Bonchev–Trinajstić information content (AvgIpc) is 3.66. The fraction of sp³-hybridized carbons (Fsp3) is 0.412. The molecule has 13 heteroatoms. The first-order chi connectivity index (χ1) is 22.7. The van der Waals surface area contributed by atoms with Gasteiger partial charge in [-0.15, -0.1) is 5.10 Å². The molecule has 0 amide bonds. The maximum absolute atomic E-state index is 14.7. The third-order valence-electron chi connectivity index (χ3n) is 10.3. The molecule has 0 saturated heterocycles. The number of aryl methyl sites for hydroxylation is 1. The number of methoxy groups -OCH3 is 1. The van der Waals surface area contributed by atoms with E-state index in [1.54, 1.807) is 23.8 Å². The molecule has 1 N–H and O–H groups in total. The predicted octanol–water partition coefficient (Wildman–Crippen LogP) is 5.21. The van der Waals surface area contributed by atoms with Gasteiger partial charge in [-0.1, -0.05) is 17.7 Å². The van der Waals surface area contributed by atoms with Crippen LogP contribution >= 0.6 is 0 Å². The van der Waals surface area contributed by atoms with E-state index in [0.717, 1.165) is 40.7 Å². The second kappa shape index (κ2) is 11.1. The van der Waals surface area contributed by atoms with Crippen LogP contribution in [0.5, 0.6) is 0 Å². The van der Waals surface area contributed by atoms with Gasteiger partial charge in [0.2, 0.25) is 0 Å². The Hall–Kier alpha value is -4.36. The van der Waals surface area contributed by atoms with Gasteiger partial charge in [-0.2, -0.15) is 0 Å². The first-order valence-corrected chi connectivity index (χ1v) is 17.4. The largest absolute Gasteiger partial charge is 0.466 e. The molecule has 0 spiro atoms. The van der Waals surface area contributed by atoms with Crippen molar-refractivity contribution in [2.45, 2.75) is 50.7 Å². The number of halogens is 1. The molecule has 4 aliphatic rings. The molecule has 4 heterocycles. The monoisotopic (exact) mass is 658 g/mol. The van der Waals surface area contributed by atoms with Crippen molar-refractivity contribution in [3.63, 3.8) is 0 Å². The van der Waals surface area contributed by atoms with Crippen molar-refractivity contribution >= 4 is 38.4 Å². The summed E-state index contributed by atoms with van der Waals surface area (Å²) >= 11 is 0. The van der Waals surface area contributed by atoms with Crippen molar-refractivity contribution < 1.29 is 27.1 Å². The fourth-order valence-corrected chi connectivity index (χ4v) is 9.46. The lowest BCUT2D eigenvalue weighted by molar-refractivity contribution is -0.155. The molecule has 47 heavy (non-hydrogen) atoms. The Balaban J connectivity index is 1.29. The van der Waals surface area contributed by atoms with Gasteiger partial charge in [0, 0.05) is 30.3 Å². The van der Waals surface area contributed by atoms with Gasteiger partial charge in [0.05, 0.1) is 35.9 Å². The van der Waals surface area contributed by atoms with Crippen LogP contribution < -0.4 is 5.32 Å². The molecule has 4 saturated carbocycles. The van der Waals surface area contributed by atoms with Crippen LogP contribution in [0.2, 0.25) is 0 Å². The van der Waals surface area contributed by atoms with E-state index in [9.17, 15) is 17.6 Å². The Morgan fingerprint density at radius 2 is 1.85 bits per heavy atom. The number of pyridine rings is 1. The topological polar surface area (TPSA) is 130 Å². The minimum atomic E-state index is -4.11. The van der Waals surface area contributed by atoms with Gasteiger partial charge >= 0.3 is 5.97 Å². The number of hydrogen-bond donors (Lipinski definition) is 1. The van der Waals surface area contributed by atoms with Crippen LogP contribution in [-0.2, 0) is 30.9 Å². The second-order valence-electron chi connectivity index (χ2n) is 12.9. The van der Waals surface area contributed by atoms with Gasteiger partial charge in [-0.25, -0.2) is 31.3 Å². The maximum atomic E-state index is 14.7. The standard InChI is InChI=1S/C34H35FN6O5S/c1-4-46-34(42)29-22-10-11-23(25-14-24(22)25)30(29)37-32-28-12-7-20(17-45-3)41(28)39-31(38-32)27-16-40(33-26(27)13-19(35)15-36-33)47(43,44)21-8-5-18(2)6-9-21/h5-9,12-13,15-16,22-25,29-30H,4,10-11,14,17H2,1-3H3,(H,37,38,39)/t22-,23+,24?,25?,29+,30+/m0/s1. The van der Waals surface area contributed by atoms with Crippen LogP contribution in [0.25, 0.3) is 27.9 Å².